The Kier molecular flexibility index (Phi) is 3.77. The van der Waals surface area contributed by atoms with Gasteiger partial charge in [0.2, 0.25) is 5.43 Å². The lowest BCUT2D eigenvalue weighted by Crippen LogP contribution is -2.33. The Morgan fingerprint density at radius 1 is 1.48 bits per heavy atom. The quantitative estimate of drug-likeness (QED) is 0.685. The van der Waals surface area contributed by atoms with Gasteiger partial charge in [-0.05, 0) is 6.92 Å². The topological polar surface area (TPSA) is 83.6 Å². The maximum absolute atomic E-state index is 13.8. The third-order valence-corrected chi connectivity index (χ3v) is 3.76. The van der Waals surface area contributed by atoms with Crippen LogP contribution in [0, 0.1) is 11.6 Å². The van der Waals surface area contributed by atoms with E-state index in [0.29, 0.717) is 13.2 Å². The molecule has 1 aromatic carbocycles. The molecular weight excluding hydrogens is 310 g/mol. The zero-order valence-electron chi connectivity index (χ0n) is 12.3. The number of carbonyl (C=O) groups excluding carboxylic acids is 1. The molecule has 2 N–H and O–H groups in total. The zero-order chi connectivity index (χ0) is 16.7. The molecule has 0 atom stereocenters. The Bertz CT molecular complexity index is 859. The first-order chi connectivity index (χ1) is 11.0. The van der Waals surface area contributed by atoms with Gasteiger partial charge < -0.3 is 19.8 Å². The van der Waals surface area contributed by atoms with Crippen LogP contribution in [0.4, 0.5) is 14.5 Å². The van der Waals surface area contributed by atoms with Gasteiger partial charge in [-0.25, -0.2) is 13.6 Å². The van der Waals surface area contributed by atoms with Gasteiger partial charge in [-0.1, -0.05) is 0 Å². The molecule has 2 aromatic rings. The number of pyridine rings is 1. The molecule has 1 aromatic heterocycles. The van der Waals surface area contributed by atoms with Crippen molar-refractivity contribution in [2.45, 2.75) is 13.0 Å². The lowest BCUT2D eigenvalue weighted by molar-refractivity contribution is -0.0217. The van der Waals surface area contributed by atoms with E-state index in [1.165, 1.54) is 10.8 Å². The van der Waals surface area contributed by atoms with E-state index in [1.807, 2.05) is 0 Å². The fraction of sp³-hybridized carbons (Fsp3) is 0.333. The van der Waals surface area contributed by atoms with E-state index in [2.05, 4.69) is 0 Å². The molecule has 1 aliphatic heterocycles. The molecule has 0 unspecified atom stereocenters. The van der Waals surface area contributed by atoms with E-state index >= 15 is 0 Å². The van der Waals surface area contributed by atoms with Crippen LogP contribution in [0.5, 0.6) is 0 Å². The second-order valence-corrected chi connectivity index (χ2v) is 5.17. The lowest BCUT2D eigenvalue weighted by atomic mass is 10.1. The maximum Gasteiger partial charge on any atom is 0.343 e. The summed E-state index contributed by atoms with van der Waals surface area (Å²) in [5.41, 5.74) is 4.02. The zero-order valence-corrected chi connectivity index (χ0v) is 12.3. The van der Waals surface area contributed by atoms with E-state index in [1.54, 1.807) is 6.92 Å². The number of anilines is 1. The third-order valence-electron chi connectivity index (χ3n) is 3.76. The summed E-state index contributed by atoms with van der Waals surface area (Å²) >= 11 is 0. The molecule has 1 aliphatic rings. The summed E-state index contributed by atoms with van der Waals surface area (Å²) in [5.74, 6) is -3.31. The molecule has 1 fully saturated rings. The first-order valence-electron chi connectivity index (χ1n) is 7.02. The van der Waals surface area contributed by atoms with Gasteiger partial charge in [-0.3, -0.25) is 4.79 Å². The highest BCUT2D eigenvalue weighted by Crippen LogP contribution is 2.28. The van der Waals surface area contributed by atoms with E-state index in [-0.39, 0.29) is 29.1 Å². The number of hydrogen-bond donors (Lipinski definition) is 1. The summed E-state index contributed by atoms with van der Waals surface area (Å²) in [7, 11) is 0. The van der Waals surface area contributed by atoms with Gasteiger partial charge in [-0.2, -0.15) is 0 Å². The molecule has 23 heavy (non-hydrogen) atoms. The summed E-state index contributed by atoms with van der Waals surface area (Å²) in [5, 5.41) is -0.235. The van der Waals surface area contributed by atoms with Crippen LogP contribution in [0.2, 0.25) is 0 Å². The van der Waals surface area contributed by atoms with Crippen molar-refractivity contribution in [3.8, 4) is 0 Å². The summed E-state index contributed by atoms with van der Waals surface area (Å²) in [6.07, 6.45) is 1.28. The van der Waals surface area contributed by atoms with Crippen molar-refractivity contribution < 1.29 is 23.0 Å². The highest BCUT2D eigenvalue weighted by Gasteiger charge is 2.27. The lowest BCUT2D eigenvalue weighted by Gasteiger charge is -2.30. The van der Waals surface area contributed by atoms with Crippen LogP contribution >= 0.6 is 0 Å². The number of nitrogens with two attached hydrogens (primary N) is 1. The van der Waals surface area contributed by atoms with Crippen LogP contribution in [0.25, 0.3) is 10.9 Å². The molecule has 1 saturated heterocycles. The average molecular weight is 324 g/mol. The van der Waals surface area contributed by atoms with Crippen molar-refractivity contribution >= 4 is 22.6 Å². The van der Waals surface area contributed by atoms with Crippen molar-refractivity contribution in [1.82, 2.24) is 4.57 Å². The van der Waals surface area contributed by atoms with Gasteiger partial charge in [-0.15, -0.1) is 0 Å². The number of nitrogen functional groups attached to an aromatic ring is 1. The third kappa shape index (κ3) is 2.35. The Morgan fingerprint density at radius 3 is 2.74 bits per heavy atom. The Hall–Kier alpha value is -2.48. The first-order valence-corrected chi connectivity index (χ1v) is 7.02. The average Bonchev–Trinajstić information content (AvgIpc) is 2.45. The second kappa shape index (κ2) is 5.62. The minimum Gasteiger partial charge on any atom is -0.462 e. The minimum absolute atomic E-state index is 0.0795. The summed E-state index contributed by atoms with van der Waals surface area (Å²) in [6, 6.07) is 0.700. The molecule has 3 rings (SSSR count). The maximum atomic E-state index is 13.8. The second-order valence-electron chi connectivity index (χ2n) is 5.17. The molecule has 6 nitrogen and oxygen atoms in total. The van der Waals surface area contributed by atoms with Crippen LogP contribution < -0.4 is 11.2 Å². The normalized spacial score (nSPS) is 14.7. The highest BCUT2D eigenvalue weighted by atomic mass is 19.2. The van der Waals surface area contributed by atoms with Crippen LogP contribution in [0.3, 0.4) is 0 Å². The predicted octanol–water partition coefficient (Wildman–Crippen LogP) is 1.61. The summed E-state index contributed by atoms with van der Waals surface area (Å²) in [6.45, 7) is 2.34. The van der Waals surface area contributed by atoms with Gasteiger partial charge in [0.05, 0.1) is 42.5 Å². The predicted molar refractivity (Wildman–Crippen MR) is 78.3 cm³/mol. The molecule has 2 heterocycles. The number of benzene rings is 1. The van der Waals surface area contributed by atoms with Crippen molar-refractivity contribution in [2.75, 3.05) is 25.6 Å². The van der Waals surface area contributed by atoms with E-state index in [9.17, 15) is 18.4 Å². The monoisotopic (exact) mass is 324 g/mol. The summed E-state index contributed by atoms with van der Waals surface area (Å²) < 4.78 is 38.9. The van der Waals surface area contributed by atoms with Crippen LogP contribution in [0.15, 0.2) is 17.1 Å². The molecule has 0 spiro atoms. The molecular formula is C15H14F2N2O4. The number of hydrogen-bond acceptors (Lipinski definition) is 5. The molecule has 0 saturated carbocycles. The van der Waals surface area contributed by atoms with Crippen LogP contribution in [-0.4, -0.2) is 30.4 Å². The van der Waals surface area contributed by atoms with E-state index in [4.69, 9.17) is 15.2 Å². The summed E-state index contributed by atoms with van der Waals surface area (Å²) in [4.78, 5) is 24.5. The number of rotatable bonds is 3. The van der Waals surface area contributed by atoms with Crippen molar-refractivity contribution in [3.05, 3.63) is 39.7 Å². The fourth-order valence-electron chi connectivity index (χ4n) is 2.52. The smallest absolute Gasteiger partial charge is 0.343 e. The molecule has 122 valence electrons. The van der Waals surface area contributed by atoms with E-state index < -0.39 is 28.7 Å². The first kappa shape index (κ1) is 15.4. The van der Waals surface area contributed by atoms with Crippen LogP contribution in [-0.2, 0) is 9.47 Å². The van der Waals surface area contributed by atoms with Gasteiger partial charge in [0.1, 0.15) is 5.56 Å². The molecule has 0 amide bonds. The number of esters is 1. The van der Waals surface area contributed by atoms with E-state index in [0.717, 1.165) is 6.07 Å². The Balaban J connectivity index is 2.37. The standard InChI is InChI=1S/C15H14F2N2O4/c1-2-23-15(21)8-4-19(7-5-22-6-7)10-3-9(16)12(17)13(18)11(10)14(8)20/h3-4,7H,2,5-6,18H2,1H3. The number of fused-ring (bicyclic) bond motifs is 1. The van der Waals surface area contributed by atoms with Gasteiger partial charge in [0, 0.05) is 12.3 Å². The van der Waals surface area contributed by atoms with Gasteiger partial charge in [0.15, 0.2) is 11.6 Å². The number of ether oxygens (including phenoxy) is 2. The number of halogens is 2. The molecule has 0 bridgehead atoms. The van der Waals surface area contributed by atoms with Crippen molar-refractivity contribution in [3.63, 3.8) is 0 Å². The largest absolute Gasteiger partial charge is 0.462 e. The fourth-order valence-corrected chi connectivity index (χ4v) is 2.52. The van der Waals surface area contributed by atoms with Crippen LogP contribution in [0.1, 0.15) is 23.3 Å². The van der Waals surface area contributed by atoms with Gasteiger partial charge >= 0.3 is 5.97 Å². The molecule has 8 heteroatoms. The number of carbonyl (C=O) groups is 1. The SMILES string of the molecule is CCOC(=O)c1cn(C2COC2)c2cc(F)c(F)c(N)c2c1=O. The molecule has 0 aliphatic carbocycles. The number of aromatic nitrogens is 1. The molecule has 0 radical (unpaired) electrons. The van der Waals surface area contributed by atoms with Crippen molar-refractivity contribution in [2.24, 2.45) is 0 Å². The van der Waals surface area contributed by atoms with Gasteiger partial charge in [0.25, 0.3) is 0 Å². The Morgan fingerprint density at radius 2 is 2.17 bits per heavy atom. The Labute approximate surface area is 129 Å². The highest BCUT2D eigenvalue weighted by molar-refractivity contribution is 5.98. The van der Waals surface area contributed by atoms with Crippen molar-refractivity contribution in [1.29, 1.82) is 0 Å². The number of nitrogens with zero attached hydrogens (tertiary/aromatic N) is 1. The minimum atomic E-state index is -1.31.